The van der Waals surface area contributed by atoms with Gasteiger partial charge >= 0.3 is 11.9 Å². The second-order valence-corrected chi connectivity index (χ2v) is 3.43. The Kier molecular flexibility index (Phi) is 3.19. The number of rotatable bonds is 1. The van der Waals surface area contributed by atoms with E-state index in [2.05, 4.69) is 26.2 Å². The first-order chi connectivity index (χ1) is 6.50. The van der Waals surface area contributed by atoms with Crippen molar-refractivity contribution in [3.8, 4) is 0 Å². The number of carbonyl (C=O) groups is 2. The lowest BCUT2D eigenvalue weighted by Gasteiger charge is -2.02. The number of aromatic nitrogens is 1. The summed E-state index contributed by atoms with van der Waals surface area (Å²) < 4.78 is 0.797. The first kappa shape index (κ1) is 10.6. The number of aryl methyl sites for hydroxylation is 1. The van der Waals surface area contributed by atoms with Crippen LogP contribution in [0.15, 0.2) is 16.7 Å². The number of nitrogens with zero attached hydrogens (tertiary/aromatic N) is 1. The van der Waals surface area contributed by atoms with E-state index < -0.39 is 11.9 Å². The van der Waals surface area contributed by atoms with Gasteiger partial charge in [-0.1, -0.05) is 0 Å². The molecule has 1 aromatic heterocycles. The van der Waals surface area contributed by atoms with Gasteiger partial charge in [-0.2, -0.15) is 0 Å². The molecule has 1 aromatic rings. The lowest BCUT2D eigenvalue weighted by atomic mass is 10.3. The van der Waals surface area contributed by atoms with Crippen LogP contribution in [0, 0.1) is 6.92 Å². The third-order valence-electron chi connectivity index (χ3n) is 1.48. The molecule has 1 rings (SSSR count). The molecule has 0 aromatic carbocycles. The van der Waals surface area contributed by atoms with Crippen LogP contribution >= 0.6 is 15.9 Å². The molecule has 0 bridgehead atoms. The molecular weight excluding hydrogens is 252 g/mol. The van der Waals surface area contributed by atoms with E-state index >= 15 is 0 Å². The summed E-state index contributed by atoms with van der Waals surface area (Å²) in [6, 6.07) is 1.57. The van der Waals surface area contributed by atoms with Crippen LogP contribution in [0.3, 0.4) is 0 Å². The van der Waals surface area contributed by atoms with Crippen LogP contribution in [0.1, 0.15) is 5.56 Å². The number of hydrogen-bond donors (Lipinski definition) is 2. The van der Waals surface area contributed by atoms with Crippen LogP contribution in [0.5, 0.6) is 0 Å². The number of nitrogens with one attached hydrogen (secondary N) is 1. The summed E-state index contributed by atoms with van der Waals surface area (Å²) in [5.74, 6) is -2.41. The zero-order chi connectivity index (χ0) is 10.7. The van der Waals surface area contributed by atoms with Crippen molar-refractivity contribution in [3.05, 3.63) is 22.3 Å². The molecule has 0 aliphatic rings. The van der Waals surface area contributed by atoms with Gasteiger partial charge in [0.2, 0.25) is 0 Å². The van der Waals surface area contributed by atoms with Gasteiger partial charge in [-0.25, -0.2) is 9.78 Å². The van der Waals surface area contributed by atoms with E-state index in [4.69, 9.17) is 5.11 Å². The molecule has 0 aliphatic carbocycles. The number of halogens is 1. The van der Waals surface area contributed by atoms with Crippen LogP contribution < -0.4 is 5.32 Å². The maximum Gasteiger partial charge on any atom is 0.394 e. The van der Waals surface area contributed by atoms with Crippen molar-refractivity contribution in [3.63, 3.8) is 0 Å². The van der Waals surface area contributed by atoms with Crippen LogP contribution in [0.25, 0.3) is 0 Å². The molecule has 1 amide bonds. The molecule has 0 aliphatic heterocycles. The third-order valence-corrected chi connectivity index (χ3v) is 2.31. The lowest BCUT2D eigenvalue weighted by molar-refractivity contribution is -0.147. The van der Waals surface area contributed by atoms with E-state index in [9.17, 15) is 9.59 Å². The van der Waals surface area contributed by atoms with Crippen molar-refractivity contribution in [2.24, 2.45) is 0 Å². The highest BCUT2D eigenvalue weighted by molar-refractivity contribution is 9.10. The second-order valence-electron chi connectivity index (χ2n) is 2.58. The van der Waals surface area contributed by atoms with Crippen LogP contribution in [-0.2, 0) is 9.59 Å². The molecular formula is C8H7BrN2O3. The number of pyridine rings is 1. The average Bonchev–Trinajstić information content (AvgIpc) is 2.11. The average molecular weight is 259 g/mol. The van der Waals surface area contributed by atoms with Gasteiger partial charge in [0.05, 0.1) is 0 Å². The van der Waals surface area contributed by atoms with E-state index in [0.717, 1.165) is 10.0 Å². The zero-order valence-corrected chi connectivity index (χ0v) is 8.83. The molecule has 0 saturated carbocycles. The molecule has 0 unspecified atom stereocenters. The standard InChI is InChI=1S/C8H7BrN2O3/c1-4-2-6(10-3-5(4)9)11-7(12)8(13)14/h2-3H,1H3,(H,13,14)(H,10,11,12). The zero-order valence-electron chi connectivity index (χ0n) is 7.24. The largest absolute Gasteiger partial charge is 0.474 e. The van der Waals surface area contributed by atoms with Gasteiger partial charge in [-0.05, 0) is 34.5 Å². The lowest BCUT2D eigenvalue weighted by Crippen LogP contribution is -2.22. The van der Waals surface area contributed by atoms with Gasteiger partial charge in [0.1, 0.15) is 5.82 Å². The highest BCUT2D eigenvalue weighted by Gasteiger charge is 2.11. The van der Waals surface area contributed by atoms with Crippen LogP contribution in [0.2, 0.25) is 0 Å². The Bertz CT molecular complexity index is 392. The number of anilines is 1. The molecule has 0 saturated heterocycles. The summed E-state index contributed by atoms with van der Waals surface area (Å²) in [7, 11) is 0. The fourth-order valence-electron chi connectivity index (χ4n) is 0.777. The van der Waals surface area contributed by atoms with Gasteiger partial charge in [0.15, 0.2) is 0 Å². The van der Waals surface area contributed by atoms with E-state index in [-0.39, 0.29) is 5.82 Å². The van der Waals surface area contributed by atoms with Gasteiger partial charge in [-0.15, -0.1) is 0 Å². The Hall–Kier alpha value is -1.43. The first-order valence-corrected chi connectivity index (χ1v) is 4.46. The molecule has 74 valence electrons. The highest BCUT2D eigenvalue weighted by atomic mass is 79.9. The van der Waals surface area contributed by atoms with Gasteiger partial charge in [0.25, 0.3) is 0 Å². The monoisotopic (exact) mass is 258 g/mol. The van der Waals surface area contributed by atoms with Crippen molar-refractivity contribution in [1.82, 2.24) is 4.98 Å². The minimum atomic E-state index is -1.53. The Morgan fingerprint density at radius 3 is 2.71 bits per heavy atom. The summed E-state index contributed by atoms with van der Waals surface area (Å²) >= 11 is 3.23. The molecule has 6 heteroatoms. The normalized spacial score (nSPS) is 9.57. The number of carboxylic acids is 1. The van der Waals surface area contributed by atoms with Crippen molar-refractivity contribution in [1.29, 1.82) is 0 Å². The molecule has 0 atom stereocenters. The molecule has 0 radical (unpaired) electrons. The molecule has 0 spiro atoms. The minimum absolute atomic E-state index is 0.220. The predicted molar refractivity (Wildman–Crippen MR) is 52.9 cm³/mol. The third kappa shape index (κ3) is 2.53. The van der Waals surface area contributed by atoms with Crippen LogP contribution in [-0.4, -0.2) is 22.0 Å². The van der Waals surface area contributed by atoms with Crippen molar-refractivity contribution in [2.45, 2.75) is 6.92 Å². The summed E-state index contributed by atoms with van der Waals surface area (Å²) in [4.78, 5) is 24.8. The smallest absolute Gasteiger partial charge is 0.394 e. The Balaban J connectivity index is 2.83. The molecule has 14 heavy (non-hydrogen) atoms. The quantitative estimate of drug-likeness (QED) is 0.742. The van der Waals surface area contributed by atoms with Crippen LogP contribution in [0.4, 0.5) is 5.82 Å². The van der Waals surface area contributed by atoms with E-state index in [0.29, 0.717) is 0 Å². The minimum Gasteiger partial charge on any atom is -0.474 e. The summed E-state index contributed by atoms with van der Waals surface area (Å²) in [6.07, 6.45) is 1.49. The molecule has 1 heterocycles. The second kappa shape index (κ2) is 4.19. The molecule has 0 fully saturated rings. The maximum atomic E-state index is 10.7. The predicted octanol–water partition coefficient (Wildman–Crippen LogP) is 1.18. The fourth-order valence-corrected chi connectivity index (χ4v) is 0.994. The highest BCUT2D eigenvalue weighted by Crippen LogP contribution is 2.16. The Morgan fingerprint density at radius 1 is 1.57 bits per heavy atom. The summed E-state index contributed by atoms with van der Waals surface area (Å²) in [6.45, 7) is 1.81. The topological polar surface area (TPSA) is 79.3 Å². The number of carboxylic acid groups (broad SMARTS) is 1. The van der Waals surface area contributed by atoms with E-state index in [1.807, 2.05) is 6.92 Å². The van der Waals surface area contributed by atoms with Gasteiger partial charge < -0.3 is 10.4 Å². The van der Waals surface area contributed by atoms with Gasteiger partial charge in [0, 0.05) is 10.7 Å². The van der Waals surface area contributed by atoms with Crippen molar-refractivity contribution < 1.29 is 14.7 Å². The fraction of sp³-hybridized carbons (Fsp3) is 0.125. The summed E-state index contributed by atoms with van der Waals surface area (Å²) in [5.41, 5.74) is 0.862. The number of aliphatic carboxylic acids is 1. The first-order valence-electron chi connectivity index (χ1n) is 3.67. The maximum absolute atomic E-state index is 10.7. The van der Waals surface area contributed by atoms with E-state index in [1.54, 1.807) is 6.07 Å². The Morgan fingerprint density at radius 2 is 2.21 bits per heavy atom. The van der Waals surface area contributed by atoms with E-state index in [1.165, 1.54) is 6.20 Å². The molecule has 5 nitrogen and oxygen atoms in total. The van der Waals surface area contributed by atoms with Crippen molar-refractivity contribution >= 4 is 33.6 Å². The number of carbonyl (C=O) groups excluding carboxylic acids is 1. The molecule has 2 N–H and O–H groups in total. The van der Waals surface area contributed by atoms with Gasteiger partial charge in [-0.3, -0.25) is 4.79 Å². The Labute approximate surface area is 88.3 Å². The number of amides is 1. The number of hydrogen-bond acceptors (Lipinski definition) is 3. The van der Waals surface area contributed by atoms with Crippen molar-refractivity contribution in [2.75, 3.05) is 5.32 Å². The summed E-state index contributed by atoms with van der Waals surface area (Å²) in [5, 5.41) is 10.5. The SMILES string of the molecule is Cc1cc(NC(=O)C(=O)O)ncc1Br.